The van der Waals surface area contributed by atoms with Crippen LogP contribution in [0.3, 0.4) is 0 Å². The van der Waals surface area contributed by atoms with E-state index in [2.05, 4.69) is 14.7 Å². The number of aromatic nitrogens is 2. The van der Waals surface area contributed by atoms with Gasteiger partial charge >= 0.3 is 12.3 Å². The SMILES string of the molecule is Cc1cc(OCc2cc(-c3ccc(N4CCOCC4)cc3)n(-c3ccc(OC(F)(F)F)cc3)n2)ccc1OCC(=O)O. The minimum absolute atomic E-state index is 0.107. The minimum Gasteiger partial charge on any atom is -0.487 e. The highest BCUT2D eigenvalue weighted by Gasteiger charge is 2.31. The Hall–Kier alpha value is -4.71. The number of halogens is 3. The van der Waals surface area contributed by atoms with E-state index in [4.69, 9.17) is 19.3 Å². The number of benzene rings is 3. The Balaban J connectivity index is 1.39. The Kier molecular flexibility index (Phi) is 8.53. The quantitative estimate of drug-likeness (QED) is 0.257. The maximum absolute atomic E-state index is 12.7. The van der Waals surface area contributed by atoms with Crippen molar-refractivity contribution in [1.82, 2.24) is 9.78 Å². The van der Waals surface area contributed by atoms with Gasteiger partial charge in [-0.25, -0.2) is 9.48 Å². The molecule has 4 aromatic rings. The van der Waals surface area contributed by atoms with E-state index < -0.39 is 18.9 Å². The third-order valence-electron chi connectivity index (χ3n) is 6.50. The molecule has 0 radical (unpaired) electrons. The summed E-state index contributed by atoms with van der Waals surface area (Å²) in [5, 5.41) is 13.5. The Morgan fingerprint density at radius 2 is 1.60 bits per heavy atom. The maximum atomic E-state index is 12.7. The van der Waals surface area contributed by atoms with Crippen LogP contribution >= 0.6 is 0 Å². The van der Waals surface area contributed by atoms with Crippen LogP contribution in [0, 0.1) is 6.92 Å². The molecular weight excluding hydrogens is 555 g/mol. The molecular formula is C30H28F3N3O6. The highest BCUT2D eigenvalue weighted by atomic mass is 19.4. The van der Waals surface area contributed by atoms with Crippen molar-refractivity contribution in [1.29, 1.82) is 0 Å². The van der Waals surface area contributed by atoms with Crippen LogP contribution in [0.15, 0.2) is 72.8 Å². The van der Waals surface area contributed by atoms with E-state index in [-0.39, 0.29) is 12.4 Å². The smallest absolute Gasteiger partial charge is 0.487 e. The normalized spacial score (nSPS) is 13.6. The van der Waals surface area contributed by atoms with Crippen LogP contribution in [-0.2, 0) is 16.1 Å². The molecule has 42 heavy (non-hydrogen) atoms. The van der Waals surface area contributed by atoms with Crippen LogP contribution in [0.2, 0.25) is 0 Å². The number of morpholine rings is 1. The van der Waals surface area contributed by atoms with Gasteiger partial charge in [-0.15, -0.1) is 13.2 Å². The topological polar surface area (TPSA) is 95.3 Å². The first-order chi connectivity index (χ1) is 20.1. The number of anilines is 1. The van der Waals surface area contributed by atoms with Crippen LogP contribution in [0.25, 0.3) is 16.9 Å². The fourth-order valence-electron chi connectivity index (χ4n) is 4.53. The molecule has 1 aliphatic rings. The first kappa shape index (κ1) is 28.8. The number of carboxylic acids is 1. The third kappa shape index (κ3) is 7.32. The standard InChI is InChI=1S/C30H28F3N3O6/c1-20-16-26(10-11-28(20)41-19-29(37)38)40-18-22-17-27(21-2-4-23(5-3-21)35-12-14-39-15-13-35)36(34-22)24-6-8-25(9-7-24)42-30(31,32)33/h2-11,16-17H,12-15,18-19H2,1H3,(H,37,38). The van der Waals surface area contributed by atoms with Gasteiger partial charge in [-0.1, -0.05) is 12.1 Å². The average Bonchev–Trinajstić information content (AvgIpc) is 3.40. The number of rotatable bonds is 10. The molecule has 3 aromatic carbocycles. The lowest BCUT2D eigenvalue weighted by Gasteiger charge is -2.28. The van der Waals surface area contributed by atoms with Crippen LogP contribution in [0.1, 0.15) is 11.3 Å². The molecule has 2 heterocycles. The molecule has 1 aromatic heterocycles. The second kappa shape index (κ2) is 12.4. The van der Waals surface area contributed by atoms with Crippen molar-refractivity contribution >= 4 is 11.7 Å². The summed E-state index contributed by atoms with van der Waals surface area (Å²) in [5.41, 5.74) is 4.48. The summed E-state index contributed by atoms with van der Waals surface area (Å²) < 4.78 is 60.3. The summed E-state index contributed by atoms with van der Waals surface area (Å²) in [4.78, 5) is 13.0. The van der Waals surface area contributed by atoms with Crippen molar-refractivity contribution in [2.24, 2.45) is 0 Å². The van der Waals surface area contributed by atoms with Gasteiger partial charge in [0.1, 0.15) is 29.5 Å². The fraction of sp³-hybridized carbons (Fsp3) is 0.267. The van der Waals surface area contributed by atoms with E-state index in [0.717, 1.165) is 30.0 Å². The van der Waals surface area contributed by atoms with Crippen molar-refractivity contribution in [2.45, 2.75) is 19.9 Å². The van der Waals surface area contributed by atoms with Crippen molar-refractivity contribution in [3.8, 4) is 34.2 Å². The van der Waals surface area contributed by atoms with E-state index in [1.54, 1.807) is 29.8 Å². The minimum atomic E-state index is -4.79. The average molecular weight is 584 g/mol. The largest absolute Gasteiger partial charge is 0.573 e. The molecule has 0 atom stereocenters. The molecule has 1 aliphatic heterocycles. The van der Waals surface area contributed by atoms with Gasteiger partial charge in [0.05, 0.1) is 24.6 Å². The van der Waals surface area contributed by atoms with Gasteiger partial charge in [0.2, 0.25) is 0 Å². The van der Waals surface area contributed by atoms with E-state index in [1.165, 1.54) is 24.3 Å². The van der Waals surface area contributed by atoms with E-state index in [0.29, 0.717) is 41.7 Å². The lowest BCUT2D eigenvalue weighted by molar-refractivity contribution is -0.274. The molecule has 12 heteroatoms. The van der Waals surface area contributed by atoms with Gasteiger partial charge < -0.3 is 29.0 Å². The van der Waals surface area contributed by atoms with Gasteiger partial charge in [-0.2, -0.15) is 5.10 Å². The van der Waals surface area contributed by atoms with E-state index >= 15 is 0 Å². The Morgan fingerprint density at radius 3 is 2.24 bits per heavy atom. The molecule has 9 nitrogen and oxygen atoms in total. The summed E-state index contributed by atoms with van der Waals surface area (Å²) in [6, 6.07) is 20.4. The molecule has 0 aliphatic carbocycles. The van der Waals surface area contributed by atoms with Gasteiger partial charge in [-0.3, -0.25) is 0 Å². The molecule has 220 valence electrons. The number of aryl methyl sites for hydroxylation is 1. The predicted octanol–water partition coefficient (Wildman–Crippen LogP) is 5.63. The monoisotopic (exact) mass is 583 g/mol. The highest BCUT2D eigenvalue weighted by molar-refractivity contribution is 5.68. The maximum Gasteiger partial charge on any atom is 0.573 e. The van der Waals surface area contributed by atoms with Crippen LogP contribution < -0.4 is 19.1 Å². The molecule has 1 saturated heterocycles. The Morgan fingerprint density at radius 1 is 0.929 bits per heavy atom. The zero-order chi connectivity index (χ0) is 29.7. The molecule has 5 rings (SSSR count). The number of hydrogen-bond acceptors (Lipinski definition) is 7. The zero-order valence-corrected chi connectivity index (χ0v) is 22.6. The molecule has 0 saturated carbocycles. The molecule has 0 unspecified atom stereocenters. The van der Waals surface area contributed by atoms with Crippen LogP contribution in [0.4, 0.5) is 18.9 Å². The predicted molar refractivity (Wildman–Crippen MR) is 147 cm³/mol. The first-order valence-corrected chi connectivity index (χ1v) is 13.1. The molecule has 1 fully saturated rings. The molecule has 1 N–H and O–H groups in total. The summed E-state index contributed by atoms with van der Waals surface area (Å²) in [5.74, 6) is -0.423. The summed E-state index contributed by atoms with van der Waals surface area (Å²) in [6.07, 6.45) is -4.79. The summed E-state index contributed by atoms with van der Waals surface area (Å²) in [7, 11) is 0. The zero-order valence-electron chi connectivity index (χ0n) is 22.6. The Bertz CT molecular complexity index is 1520. The molecule has 0 amide bonds. The second-order valence-electron chi connectivity index (χ2n) is 9.52. The Labute approximate surface area is 239 Å². The second-order valence-corrected chi connectivity index (χ2v) is 9.52. The first-order valence-electron chi connectivity index (χ1n) is 13.1. The van der Waals surface area contributed by atoms with Crippen LogP contribution in [0.5, 0.6) is 17.2 Å². The fourth-order valence-corrected chi connectivity index (χ4v) is 4.53. The number of carboxylic acid groups (broad SMARTS) is 1. The highest BCUT2D eigenvalue weighted by Crippen LogP contribution is 2.30. The number of aliphatic carboxylic acids is 1. The number of hydrogen-bond donors (Lipinski definition) is 1. The number of carbonyl (C=O) groups is 1. The molecule has 0 spiro atoms. The van der Waals surface area contributed by atoms with Gasteiger partial charge in [0, 0.05) is 24.3 Å². The van der Waals surface area contributed by atoms with E-state index in [1.807, 2.05) is 30.3 Å². The summed E-state index contributed by atoms with van der Waals surface area (Å²) >= 11 is 0. The third-order valence-corrected chi connectivity index (χ3v) is 6.50. The summed E-state index contributed by atoms with van der Waals surface area (Å²) in [6.45, 7) is 4.39. The number of ether oxygens (including phenoxy) is 4. The van der Waals surface area contributed by atoms with Crippen molar-refractivity contribution in [3.05, 3.63) is 84.1 Å². The van der Waals surface area contributed by atoms with Gasteiger partial charge in [0.25, 0.3) is 0 Å². The van der Waals surface area contributed by atoms with Crippen molar-refractivity contribution in [2.75, 3.05) is 37.8 Å². The van der Waals surface area contributed by atoms with Crippen molar-refractivity contribution in [3.63, 3.8) is 0 Å². The van der Waals surface area contributed by atoms with E-state index in [9.17, 15) is 18.0 Å². The molecule has 0 bridgehead atoms. The number of alkyl halides is 3. The lowest BCUT2D eigenvalue weighted by atomic mass is 10.1. The number of nitrogens with zero attached hydrogens (tertiary/aromatic N) is 3. The van der Waals surface area contributed by atoms with Crippen LogP contribution in [-0.4, -0.2) is 60.1 Å². The van der Waals surface area contributed by atoms with Crippen molar-refractivity contribution < 1.29 is 42.0 Å². The van der Waals surface area contributed by atoms with Gasteiger partial charge in [-0.05, 0) is 73.2 Å². The van der Waals surface area contributed by atoms with Gasteiger partial charge in [0.15, 0.2) is 6.61 Å². The lowest BCUT2D eigenvalue weighted by Crippen LogP contribution is -2.36.